The average molecular weight is 511 g/mol. The molecule has 0 spiro atoms. The average Bonchev–Trinajstić information content (AvgIpc) is 2.76. The van der Waals surface area contributed by atoms with E-state index < -0.39 is 20.2 Å². The van der Waals surface area contributed by atoms with Gasteiger partial charge in [-0.2, -0.15) is 0 Å². The minimum Gasteiger partial charge on any atom is -0.744 e. The Labute approximate surface area is 224 Å². The summed E-state index contributed by atoms with van der Waals surface area (Å²) in [6.45, 7) is 3.96. The van der Waals surface area contributed by atoms with Crippen molar-refractivity contribution in [2.45, 2.75) is 36.5 Å². The molecule has 0 N–H and O–H groups in total. The Kier molecular flexibility index (Phi) is 9.47. The third-order valence-corrected chi connectivity index (χ3v) is 6.96. The quantitative estimate of drug-likeness (QED) is 0.300. The molecule has 0 amide bonds. The summed E-state index contributed by atoms with van der Waals surface area (Å²) in [7, 11) is -8.81. The largest absolute Gasteiger partial charge is 2.00 e. The third-order valence-electron chi connectivity index (χ3n) is 5.17. The van der Waals surface area contributed by atoms with Gasteiger partial charge >= 0.3 is 37.7 Å². The van der Waals surface area contributed by atoms with Gasteiger partial charge < -0.3 is 9.11 Å². The number of aryl methyl sites for hydroxylation is 2. The van der Waals surface area contributed by atoms with E-state index in [0.717, 1.165) is 34.7 Å². The van der Waals surface area contributed by atoms with E-state index in [1.165, 1.54) is 12.1 Å². The predicted molar refractivity (Wildman–Crippen MR) is 128 cm³/mol. The molecule has 0 radical (unpaired) electrons. The van der Waals surface area contributed by atoms with E-state index in [0.29, 0.717) is 10.8 Å². The summed E-state index contributed by atoms with van der Waals surface area (Å²) < 4.78 is 66.5. The molecular weight excluding hydrogens is 488 g/mol. The molecule has 6 nitrogen and oxygen atoms in total. The van der Waals surface area contributed by atoms with Crippen LogP contribution in [0.5, 0.6) is 0 Å². The first-order valence-electron chi connectivity index (χ1n) is 9.99. The molecule has 0 saturated heterocycles. The van der Waals surface area contributed by atoms with Crippen molar-refractivity contribution in [3.05, 3.63) is 83.9 Å². The molecule has 0 aliphatic rings. The van der Waals surface area contributed by atoms with E-state index in [2.05, 4.69) is 0 Å². The van der Waals surface area contributed by atoms with E-state index >= 15 is 0 Å². The van der Waals surface area contributed by atoms with Gasteiger partial charge in [-0.25, -0.2) is 16.8 Å². The molecular formula is C24H22CaO6S2. The van der Waals surface area contributed by atoms with Crippen LogP contribution in [0.3, 0.4) is 0 Å². The van der Waals surface area contributed by atoms with E-state index in [1.807, 2.05) is 38.1 Å². The molecule has 0 atom stereocenters. The van der Waals surface area contributed by atoms with Crippen molar-refractivity contribution in [1.29, 1.82) is 0 Å². The molecule has 0 aliphatic heterocycles. The molecule has 0 aliphatic carbocycles. The van der Waals surface area contributed by atoms with Gasteiger partial charge in [0.05, 0.1) is 9.79 Å². The zero-order valence-corrected chi connectivity index (χ0v) is 22.2. The van der Waals surface area contributed by atoms with E-state index in [-0.39, 0.29) is 47.5 Å². The summed E-state index contributed by atoms with van der Waals surface area (Å²) in [6.07, 6.45) is 1.62. The topological polar surface area (TPSA) is 114 Å². The SMILES string of the molecule is CCc1ccc2cccc(S(=O)(=O)[O-])c2c1.CCc1ccc2cccc(S(=O)(=O)[O-])c2c1.[Ca+2]. The van der Waals surface area contributed by atoms with Gasteiger partial charge in [-0.1, -0.05) is 62.4 Å². The van der Waals surface area contributed by atoms with Gasteiger partial charge in [-0.15, -0.1) is 0 Å². The van der Waals surface area contributed by atoms with Gasteiger partial charge in [-0.3, -0.25) is 0 Å². The van der Waals surface area contributed by atoms with Crippen molar-refractivity contribution in [2.75, 3.05) is 0 Å². The monoisotopic (exact) mass is 510 g/mol. The van der Waals surface area contributed by atoms with Crippen molar-refractivity contribution in [2.24, 2.45) is 0 Å². The first kappa shape index (κ1) is 27.7. The van der Waals surface area contributed by atoms with Crippen molar-refractivity contribution in [1.82, 2.24) is 0 Å². The smallest absolute Gasteiger partial charge is 0.744 e. The first-order chi connectivity index (χ1) is 15.0. The minimum atomic E-state index is -4.40. The van der Waals surface area contributed by atoms with Crippen LogP contribution in [0.25, 0.3) is 21.5 Å². The fraction of sp³-hybridized carbons (Fsp3) is 0.167. The molecule has 0 heterocycles. The molecule has 0 aromatic heterocycles. The van der Waals surface area contributed by atoms with Crippen molar-refractivity contribution >= 4 is 79.5 Å². The van der Waals surface area contributed by atoms with Crippen LogP contribution in [0.15, 0.2) is 82.6 Å². The van der Waals surface area contributed by atoms with Crippen LogP contribution in [0.4, 0.5) is 0 Å². The Morgan fingerprint density at radius 2 is 0.970 bits per heavy atom. The number of benzene rings is 4. The molecule has 33 heavy (non-hydrogen) atoms. The van der Waals surface area contributed by atoms with Crippen LogP contribution in [0, 0.1) is 0 Å². The van der Waals surface area contributed by atoms with E-state index in [4.69, 9.17) is 0 Å². The number of hydrogen-bond acceptors (Lipinski definition) is 6. The molecule has 0 unspecified atom stereocenters. The molecule has 9 heteroatoms. The summed E-state index contributed by atoms with van der Waals surface area (Å²) in [6, 6.07) is 20.5. The molecule has 0 bridgehead atoms. The second-order valence-corrected chi connectivity index (χ2v) is 9.93. The zero-order valence-electron chi connectivity index (χ0n) is 18.3. The van der Waals surface area contributed by atoms with Gasteiger partial charge in [0.2, 0.25) is 0 Å². The Morgan fingerprint density at radius 1 is 0.606 bits per heavy atom. The van der Waals surface area contributed by atoms with E-state index in [1.54, 1.807) is 36.4 Å². The molecule has 4 rings (SSSR count). The maximum Gasteiger partial charge on any atom is 2.00 e. The van der Waals surface area contributed by atoms with Gasteiger partial charge in [0.25, 0.3) is 0 Å². The van der Waals surface area contributed by atoms with Gasteiger partial charge in [0.1, 0.15) is 20.2 Å². The Hall–Kier alpha value is -1.52. The standard InChI is InChI=1S/2C12H12O3S.Ca/c2*1-2-9-6-7-10-4-3-5-12(11(10)8-9)16(13,14)15;/h2*3-8H,2H2,1H3,(H,13,14,15);/q;;+2/p-2. The summed E-state index contributed by atoms with van der Waals surface area (Å²) in [5.74, 6) is 0. The minimum absolute atomic E-state index is 0. The zero-order chi connectivity index (χ0) is 23.5. The van der Waals surface area contributed by atoms with Crippen LogP contribution < -0.4 is 0 Å². The van der Waals surface area contributed by atoms with Crippen LogP contribution >= 0.6 is 0 Å². The maximum atomic E-state index is 11.1. The maximum absolute atomic E-state index is 11.1. The van der Waals surface area contributed by atoms with Crippen LogP contribution in [-0.2, 0) is 33.1 Å². The van der Waals surface area contributed by atoms with E-state index in [9.17, 15) is 25.9 Å². The van der Waals surface area contributed by atoms with Crippen molar-refractivity contribution in [3.63, 3.8) is 0 Å². The van der Waals surface area contributed by atoms with Crippen LogP contribution in [-0.4, -0.2) is 63.7 Å². The third kappa shape index (κ3) is 6.76. The number of rotatable bonds is 4. The molecule has 168 valence electrons. The number of hydrogen-bond donors (Lipinski definition) is 0. The van der Waals surface area contributed by atoms with Gasteiger partial charge in [0.15, 0.2) is 0 Å². The molecule has 4 aromatic carbocycles. The molecule has 0 fully saturated rings. The van der Waals surface area contributed by atoms with Gasteiger partial charge in [0, 0.05) is 0 Å². The Morgan fingerprint density at radius 3 is 1.27 bits per heavy atom. The van der Waals surface area contributed by atoms with Crippen molar-refractivity contribution in [3.8, 4) is 0 Å². The Balaban J connectivity index is 0.000000227. The Bertz CT molecular complexity index is 1380. The predicted octanol–water partition coefficient (Wildman–Crippen LogP) is 4.23. The fourth-order valence-corrected chi connectivity index (χ4v) is 4.84. The van der Waals surface area contributed by atoms with Gasteiger partial charge in [-0.05, 0) is 69.8 Å². The van der Waals surface area contributed by atoms with Crippen LogP contribution in [0.2, 0.25) is 0 Å². The second-order valence-electron chi connectivity index (χ2n) is 7.24. The summed E-state index contributed by atoms with van der Waals surface area (Å²) in [4.78, 5) is -0.277. The first-order valence-corrected chi connectivity index (χ1v) is 12.8. The fourth-order valence-electron chi connectivity index (χ4n) is 3.46. The molecule has 4 aromatic rings. The summed E-state index contributed by atoms with van der Waals surface area (Å²) in [5, 5.41) is 2.57. The molecule has 0 saturated carbocycles. The van der Waals surface area contributed by atoms with Crippen molar-refractivity contribution < 1.29 is 25.9 Å². The normalized spacial score (nSPS) is 11.5. The van der Waals surface area contributed by atoms with Crippen LogP contribution in [0.1, 0.15) is 25.0 Å². The summed E-state index contributed by atoms with van der Waals surface area (Å²) >= 11 is 0. The second kappa shape index (κ2) is 11.3. The number of fused-ring (bicyclic) bond motifs is 2. The summed E-state index contributed by atoms with van der Waals surface area (Å²) in [5.41, 5.74) is 2.03.